The molecule has 32 heavy (non-hydrogen) atoms. The van der Waals surface area contributed by atoms with Crippen LogP contribution in [0.1, 0.15) is 30.0 Å². The van der Waals surface area contributed by atoms with Crippen molar-refractivity contribution in [3.63, 3.8) is 0 Å². The van der Waals surface area contributed by atoms with Crippen LogP contribution in [0.5, 0.6) is 0 Å². The van der Waals surface area contributed by atoms with Crippen LogP contribution in [0.3, 0.4) is 0 Å². The Morgan fingerprint density at radius 2 is 1.62 bits per heavy atom. The van der Waals surface area contributed by atoms with Crippen LogP contribution in [0.25, 0.3) is 11.0 Å². The van der Waals surface area contributed by atoms with Crippen molar-refractivity contribution >= 4 is 26.7 Å². The fraction of sp³-hybridized carbons (Fsp3) is 0.130. The van der Waals surface area contributed by atoms with Gasteiger partial charge in [0.2, 0.25) is 9.84 Å². The number of amides is 1. The number of furan rings is 1. The number of aromatic nitrogens is 1. The van der Waals surface area contributed by atoms with E-state index in [0.717, 1.165) is 17.5 Å². The minimum atomic E-state index is -4.08. The van der Waals surface area contributed by atoms with Gasteiger partial charge in [0.05, 0.1) is 16.0 Å². The number of halogens is 2. The van der Waals surface area contributed by atoms with E-state index in [-0.39, 0.29) is 17.2 Å². The number of rotatable bonds is 5. The summed E-state index contributed by atoms with van der Waals surface area (Å²) in [6, 6.07) is 11.1. The summed E-state index contributed by atoms with van der Waals surface area (Å²) in [5.41, 5.74) is 1.12. The lowest BCUT2D eigenvalue weighted by Crippen LogP contribution is -2.22. The summed E-state index contributed by atoms with van der Waals surface area (Å²) in [6.07, 6.45) is 3.10. The molecule has 2 heterocycles. The van der Waals surface area contributed by atoms with Crippen LogP contribution in [0.4, 0.5) is 8.78 Å². The van der Waals surface area contributed by atoms with Crippen molar-refractivity contribution < 1.29 is 26.4 Å². The van der Waals surface area contributed by atoms with E-state index in [1.165, 1.54) is 30.5 Å². The Labute approximate surface area is 183 Å². The molecule has 2 aromatic carbocycles. The highest BCUT2D eigenvalue weighted by molar-refractivity contribution is 7.91. The van der Waals surface area contributed by atoms with Gasteiger partial charge in [0.15, 0.2) is 11.3 Å². The second-order valence-electron chi connectivity index (χ2n) is 6.46. The molecule has 0 atom stereocenters. The first-order valence-corrected chi connectivity index (χ1v) is 11.2. The van der Waals surface area contributed by atoms with E-state index in [1.54, 1.807) is 18.3 Å². The van der Waals surface area contributed by atoms with Crippen molar-refractivity contribution in [3.8, 4) is 0 Å². The van der Waals surface area contributed by atoms with Gasteiger partial charge in [-0.25, -0.2) is 17.2 Å². The van der Waals surface area contributed by atoms with Crippen molar-refractivity contribution in [3.05, 3.63) is 89.9 Å². The first-order chi connectivity index (χ1) is 15.3. The van der Waals surface area contributed by atoms with Crippen molar-refractivity contribution in [1.82, 2.24) is 10.3 Å². The van der Waals surface area contributed by atoms with E-state index in [2.05, 4.69) is 10.3 Å². The molecule has 0 aliphatic heterocycles. The molecule has 0 bridgehead atoms. The molecule has 4 rings (SSSR count). The van der Waals surface area contributed by atoms with Gasteiger partial charge in [-0.05, 0) is 42.0 Å². The second kappa shape index (κ2) is 9.69. The van der Waals surface area contributed by atoms with Crippen LogP contribution < -0.4 is 5.32 Å². The molecule has 0 spiro atoms. The second-order valence-corrected chi connectivity index (χ2v) is 8.41. The van der Waals surface area contributed by atoms with Crippen LogP contribution in [0, 0.1) is 11.6 Å². The average molecular weight is 458 g/mol. The first-order valence-electron chi connectivity index (χ1n) is 9.75. The SMILES string of the molecule is CC.O=C(NCc1ccc(S(=O)(=O)c2cc(F)cc(F)c2)cc1)c1cc2ccncc2o1. The van der Waals surface area contributed by atoms with Gasteiger partial charge in [0.1, 0.15) is 11.6 Å². The number of pyridine rings is 1. The molecule has 0 saturated heterocycles. The number of benzene rings is 2. The summed E-state index contributed by atoms with van der Waals surface area (Å²) in [5, 5.41) is 3.43. The molecule has 0 aliphatic carbocycles. The number of hydrogen-bond acceptors (Lipinski definition) is 5. The van der Waals surface area contributed by atoms with Gasteiger partial charge in [-0.3, -0.25) is 9.78 Å². The minimum Gasteiger partial charge on any atom is -0.449 e. The van der Waals surface area contributed by atoms with E-state index in [9.17, 15) is 22.0 Å². The Balaban J connectivity index is 0.00000141. The van der Waals surface area contributed by atoms with E-state index < -0.39 is 32.3 Å². The molecule has 1 N–H and O–H groups in total. The maximum atomic E-state index is 13.4. The van der Waals surface area contributed by atoms with Gasteiger partial charge < -0.3 is 9.73 Å². The van der Waals surface area contributed by atoms with Gasteiger partial charge in [-0.2, -0.15) is 0 Å². The highest BCUT2D eigenvalue weighted by atomic mass is 32.2. The predicted octanol–water partition coefficient (Wildman–Crippen LogP) is 4.90. The van der Waals surface area contributed by atoms with Gasteiger partial charge in [0.25, 0.3) is 5.91 Å². The summed E-state index contributed by atoms with van der Waals surface area (Å²) >= 11 is 0. The highest BCUT2D eigenvalue weighted by Gasteiger charge is 2.19. The maximum Gasteiger partial charge on any atom is 0.287 e. The molecule has 0 radical (unpaired) electrons. The largest absolute Gasteiger partial charge is 0.449 e. The maximum absolute atomic E-state index is 13.4. The number of fused-ring (bicyclic) bond motifs is 1. The number of nitrogens with zero attached hydrogens (tertiary/aromatic N) is 1. The minimum absolute atomic E-state index is 0.118. The smallest absolute Gasteiger partial charge is 0.287 e. The first kappa shape index (κ1) is 23.1. The number of hydrogen-bond donors (Lipinski definition) is 1. The van der Waals surface area contributed by atoms with Gasteiger partial charge in [0, 0.05) is 24.2 Å². The summed E-state index contributed by atoms with van der Waals surface area (Å²) in [7, 11) is -4.08. The van der Waals surface area contributed by atoms with Crippen molar-refractivity contribution in [2.75, 3.05) is 0 Å². The zero-order valence-corrected chi connectivity index (χ0v) is 18.1. The summed E-state index contributed by atoms with van der Waals surface area (Å²) < 4.78 is 57.3. The standard InChI is InChI=1S/C21H14F2N2O4S.C2H6/c22-15-8-16(23)10-18(9-15)30(27,28)17-3-1-13(2-4-17)11-25-21(26)19-7-14-5-6-24-12-20(14)29-19;1-2/h1-10,12H,11H2,(H,25,26);1-2H3. The van der Waals surface area contributed by atoms with Crippen molar-refractivity contribution in [2.45, 2.75) is 30.2 Å². The Morgan fingerprint density at radius 1 is 0.969 bits per heavy atom. The van der Waals surface area contributed by atoms with E-state index in [0.29, 0.717) is 17.2 Å². The Hall–Kier alpha value is -3.59. The normalized spacial score (nSPS) is 11.0. The topological polar surface area (TPSA) is 89.3 Å². The van der Waals surface area contributed by atoms with Crippen LogP contribution in [-0.4, -0.2) is 19.3 Å². The predicted molar refractivity (Wildman–Crippen MR) is 115 cm³/mol. The quantitative estimate of drug-likeness (QED) is 0.460. The molecule has 0 aliphatic rings. The molecule has 0 fully saturated rings. The highest BCUT2D eigenvalue weighted by Crippen LogP contribution is 2.23. The average Bonchev–Trinajstić information content (AvgIpc) is 3.23. The summed E-state index contributed by atoms with van der Waals surface area (Å²) in [5.74, 6) is -2.26. The van der Waals surface area contributed by atoms with Crippen molar-refractivity contribution in [2.24, 2.45) is 0 Å². The molecule has 0 saturated carbocycles. The molecular formula is C23H20F2N2O4S. The number of carbonyl (C=O) groups excluding carboxylic acids is 1. The third-order valence-corrected chi connectivity index (χ3v) is 6.13. The fourth-order valence-electron chi connectivity index (χ4n) is 2.87. The number of sulfone groups is 1. The van der Waals surface area contributed by atoms with Gasteiger partial charge >= 0.3 is 0 Å². The summed E-state index contributed by atoms with van der Waals surface area (Å²) in [4.78, 5) is 15.6. The zero-order chi connectivity index (χ0) is 23.3. The third kappa shape index (κ3) is 5.00. The van der Waals surface area contributed by atoms with Gasteiger partial charge in [-0.1, -0.05) is 26.0 Å². The molecule has 2 aromatic heterocycles. The van der Waals surface area contributed by atoms with Crippen LogP contribution in [-0.2, 0) is 16.4 Å². The molecule has 1 amide bonds. The molecule has 9 heteroatoms. The number of nitrogens with one attached hydrogen (secondary N) is 1. The Bertz CT molecular complexity index is 1300. The molecule has 0 unspecified atom stereocenters. The Kier molecular flexibility index (Phi) is 6.99. The summed E-state index contributed by atoms with van der Waals surface area (Å²) in [6.45, 7) is 4.13. The van der Waals surface area contributed by atoms with Crippen LogP contribution in [0.2, 0.25) is 0 Å². The lowest BCUT2D eigenvalue weighted by atomic mass is 10.2. The van der Waals surface area contributed by atoms with Crippen LogP contribution >= 0.6 is 0 Å². The molecule has 6 nitrogen and oxygen atoms in total. The monoisotopic (exact) mass is 458 g/mol. The molecule has 4 aromatic rings. The number of carbonyl (C=O) groups is 1. The van der Waals surface area contributed by atoms with E-state index in [1.807, 2.05) is 13.8 Å². The van der Waals surface area contributed by atoms with Crippen LogP contribution in [0.15, 0.2) is 81.2 Å². The fourth-order valence-corrected chi connectivity index (χ4v) is 4.17. The lowest BCUT2D eigenvalue weighted by Gasteiger charge is -2.07. The Morgan fingerprint density at radius 3 is 2.25 bits per heavy atom. The zero-order valence-electron chi connectivity index (χ0n) is 17.3. The molecule has 166 valence electrons. The van der Waals surface area contributed by atoms with E-state index in [4.69, 9.17) is 4.42 Å². The van der Waals surface area contributed by atoms with E-state index >= 15 is 0 Å². The van der Waals surface area contributed by atoms with Gasteiger partial charge in [-0.15, -0.1) is 0 Å². The third-order valence-electron chi connectivity index (χ3n) is 4.38. The van der Waals surface area contributed by atoms with Crippen molar-refractivity contribution in [1.29, 1.82) is 0 Å². The molecular weight excluding hydrogens is 438 g/mol. The lowest BCUT2D eigenvalue weighted by molar-refractivity contribution is 0.0925.